The van der Waals surface area contributed by atoms with Gasteiger partial charge < -0.3 is 20.1 Å². The lowest BCUT2D eigenvalue weighted by Crippen LogP contribution is -2.33. The van der Waals surface area contributed by atoms with Crippen LogP contribution in [0, 0.1) is 0 Å². The molecule has 0 radical (unpaired) electrons. The molecule has 1 aliphatic heterocycles. The topological polar surface area (TPSA) is 87.0 Å². The molecule has 0 aromatic carbocycles. The third-order valence-electron chi connectivity index (χ3n) is 3.73. The number of aliphatic hydroxyl groups excluding tert-OH is 3. The van der Waals surface area contributed by atoms with Gasteiger partial charge in [0.15, 0.2) is 0 Å². The van der Waals surface area contributed by atoms with E-state index in [1.807, 2.05) is 0 Å². The first-order valence-corrected chi connectivity index (χ1v) is 7.95. The minimum Gasteiger partial charge on any atom is -0.462 e. The maximum Gasteiger partial charge on any atom is 0.309 e. The lowest BCUT2D eigenvalue weighted by Gasteiger charge is -2.24. The minimum atomic E-state index is -1.04. The number of unbranched alkanes of at least 4 members (excludes halogenated alkanes) is 4. The third-order valence-corrected chi connectivity index (χ3v) is 3.73. The highest BCUT2D eigenvalue weighted by molar-refractivity contribution is 5.70. The number of ether oxygens (including phenoxy) is 1. The third kappa shape index (κ3) is 7.60. The maximum atomic E-state index is 11.7. The van der Waals surface area contributed by atoms with Crippen LogP contribution in [0.4, 0.5) is 0 Å². The number of esters is 1. The predicted octanol–water partition coefficient (Wildman–Crippen LogP) is 1.69. The molecule has 122 valence electrons. The van der Waals surface area contributed by atoms with E-state index in [-0.39, 0.29) is 12.8 Å². The summed E-state index contributed by atoms with van der Waals surface area (Å²) in [4.78, 5) is 11.7. The van der Waals surface area contributed by atoms with Crippen molar-refractivity contribution in [1.82, 2.24) is 0 Å². The van der Waals surface area contributed by atoms with Crippen molar-refractivity contribution in [2.75, 3.05) is 0 Å². The zero-order chi connectivity index (χ0) is 15.7. The molecule has 0 saturated heterocycles. The summed E-state index contributed by atoms with van der Waals surface area (Å²) in [5.41, 5.74) is 0. The predicted molar refractivity (Wildman–Crippen MR) is 79.7 cm³/mol. The zero-order valence-electron chi connectivity index (χ0n) is 12.8. The summed E-state index contributed by atoms with van der Waals surface area (Å²) in [6.45, 7) is 2.15. The van der Waals surface area contributed by atoms with Crippen LogP contribution in [0.15, 0.2) is 12.2 Å². The highest BCUT2D eigenvalue weighted by Crippen LogP contribution is 2.18. The van der Waals surface area contributed by atoms with E-state index in [4.69, 9.17) is 4.74 Å². The first kappa shape index (κ1) is 18.1. The van der Waals surface area contributed by atoms with Crippen LogP contribution in [0.25, 0.3) is 0 Å². The van der Waals surface area contributed by atoms with Gasteiger partial charge in [-0.15, -0.1) is 0 Å². The molecule has 0 fully saturated rings. The van der Waals surface area contributed by atoms with E-state index in [0.29, 0.717) is 6.42 Å². The molecule has 0 aromatic rings. The van der Waals surface area contributed by atoms with Crippen LogP contribution in [0.1, 0.15) is 58.3 Å². The Morgan fingerprint density at radius 1 is 1.14 bits per heavy atom. The van der Waals surface area contributed by atoms with Crippen molar-refractivity contribution in [3.05, 3.63) is 12.2 Å². The normalized spacial score (nSPS) is 32.5. The fourth-order valence-corrected chi connectivity index (χ4v) is 2.45. The van der Waals surface area contributed by atoms with Gasteiger partial charge in [-0.3, -0.25) is 4.79 Å². The second-order valence-corrected chi connectivity index (χ2v) is 5.76. The van der Waals surface area contributed by atoms with Crippen molar-refractivity contribution in [2.24, 2.45) is 0 Å². The van der Waals surface area contributed by atoms with E-state index in [2.05, 4.69) is 6.92 Å². The first-order chi connectivity index (χ1) is 10.0. The molecule has 4 atom stereocenters. The maximum absolute atomic E-state index is 11.7. The lowest BCUT2D eigenvalue weighted by atomic mass is 9.99. The average Bonchev–Trinajstić information content (AvgIpc) is 2.43. The van der Waals surface area contributed by atoms with Crippen molar-refractivity contribution in [1.29, 1.82) is 0 Å². The minimum absolute atomic E-state index is 0.119. The molecule has 0 aliphatic carbocycles. The Morgan fingerprint density at radius 2 is 1.86 bits per heavy atom. The molecule has 0 spiro atoms. The fourth-order valence-electron chi connectivity index (χ4n) is 2.45. The van der Waals surface area contributed by atoms with E-state index in [9.17, 15) is 20.1 Å². The number of hydrogen-bond donors (Lipinski definition) is 3. The standard InChI is InChI=1S/C16H28O5/c1-2-3-4-5-6-7-13-11-15(19)14(18)9-8-12(17)10-16(20)21-13/h8-9,12-15,17-19H,2-7,10-11H2,1H3/b9-8+/t12-,13-,14-,15-/m0/s1. The Bertz CT molecular complexity index is 329. The molecule has 1 aliphatic rings. The summed E-state index contributed by atoms with van der Waals surface area (Å²) < 4.78 is 5.32. The van der Waals surface area contributed by atoms with E-state index >= 15 is 0 Å². The Labute approximate surface area is 126 Å². The quantitative estimate of drug-likeness (QED) is 0.395. The molecule has 3 N–H and O–H groups in total. The number of carbonyl (C=O) groups excluding carboxylic acids is 1. The summed E-state index contributed by atoms with van der Waals surface area (Å²) in [7, 11) is 0. The van der Waals surface area contributed by atoms with Gasteiger partial charge in [0, 0.05) is 6.42 Å². The Kier molecular flexibility index (Phi) is 8.57. The number of rotatable bonds is 6. The van der Waals surface area contributed by atoms with Gasteiger partial charge in [-0.1, -0.05) is 44.8 Å². The van der Waals surface area contributed by atoms with Gasteiger partial charge in [0.05, 0.1) is 24.7 Å². The van der Waals surface area contributed by atoms with Crippen LogP contribution in [-0.2, 0) is 9.53 Å². The van der Waals surface area contributed by atoms with Gasteiger partial charge in [0.25, 0.3) is 0 Å². The number of carbonyl (C=O) groups is 1. The van der Waals surface area contributed by atoms with E-state index in [1.54, 1.807) is 0 Å². The van der Waals surface area contributed by atoms with Crippen molar-refractivity contribution < 1.29 is 24.9 Å². The number of hydrogen-bond acceptors (Lipinski definition) is 5. The molecule has 0 bridgehead atoms. The smallest absolute Gasteiger partial charge is 0.309 e. The van der Waals surface area contributed by atoms with Gasteiger partial charge in [-0.05, 0) is 12.8 Å². The van der Waals surface area contributed by atoms with Crippen LogP contribution in [0.3, 0.4) is 0 Å². The molecule has 1 rings (SSSR count). The van der Waals surface area contributed by atoms with Crippen molar-refractivity contribution in [2.45, 2.75) is 82.7 Å². The van der Waals surface area contributed by atoms with Crippen molar-refractivity contribution in [3.63, 3.8) is 0 Å². The highest BCUT2D eigenvalue weighted by Gasteiger charge is 2.24. The largest absolute Gasteiger partial charge is 0.462 e. The van der Waals surface area contributed by atoms with Crippen LogP contribution in [-0.4, -0.2) is 45.7 Å². The average molecular weight is 300 g/mol. The molecule has 0 saturated carbocycles. The summed E-state index contributed by atoms with van der Waals surface area (Å²) in [5.74, 6) is -0.464. The summed E-state index contributed by atoms with van der Waals surface area (Å²) >= 11 is 0. The molecular formula is C16H28O5. The zero-order valence-corrected chi connectivity index (χ0v) is 12.8. The summed E-state index contributed by atoms with van der Waals surface area (Å²) in [6, 6.07) is 0. The molecule has 0 amide bonds. The summed E-state index contributed by atoms with van der Waals surface area (Å²) in [5, 5.41) is 29.2. The van der Waals surface area contributed by atoms with Crippen LogP contribution in [0.2, 0.25) is 0 Å². The number of cyclic esters (lactones) is 1. The van der Waals surface area contributed by atoms with E-state index < -0.39 is 30.4 Å². The van der Waals surface area contributed by atoms with E-state index in [1.165, 1.54) is 25.0 Å². The molecule has 5 nitrogen and oxygen atoms in total. The lowest BCUT2D eigenvalue weighted by molar-refractivity contribution is -0.153. The van der Waals surface area contributed by atoms with Gasteiger partial charge in [0.1, 0.15) is 6.10 Å². The Balaban J connectivity index is 2.52. The van der Waals surface area contributed by atoms with E-state index in [0.717, 1.165) is 19.3 Å². The van der Waals surface area contributed by atoms with Gasteiger partial charge in [-0.2, -0.15) is 0 Å². The number of aliphatic hydroxyl groups is 3. The second kappa shape index (κ2) is 9.92. The molecule has 5 heteroatoms. The van der Waals surface area contributed by atoms with Crippen LogP contribution < -0.4 is 0 Å². The van der Waals surface area contributed by atoms with Crippen molar-refractivity contribution >= 4 is 5.97 Å². The second-order valence-electron chi connectivity index (χ2n) is 5.76. The molecule has 0 aromatic heterocycles. The molecule has 1 heterocycles. The van der Waals surface area contributed by atoms with Crippen LogP contribution >= 0.6 is 0 Å². The highest BCUT2D eigenvalue weighted by atomic mass is 16.5. The van der Waals surface area contributed by atoms with Gasteiger partial charge in [-0.25, -0.2) is 0 Å². The monoisotopic (exact) mass is 300 g/mol. The molecule has 0 unspecified atom stereocenters. The SMILES string of the molecule is CCCCCCC[C@H]1C[C@H](O)[C@@H](O)/C=C/[C@H](O)CC(=O)O1. The first-order valence-electron chi connectivity index (χ1n) is 7.95. The van der Waals surface area contributed by atoms with Crippen molar-refractivity contribution in [3.8, 4) is 0 Å². The van der Waals surface area contributed by atoms with Gasteiger partial charge in [0.2, 0.25) is 0 Å². The Hall–Kier alpha value is -0.910. The van der Waals surface area contributed by atoms with Gasteiger partial charge >= 0.3 is 5.97 Å². The fraction of sp³-hybridized carbons (Fsp3) is 0.812. The summed E-state index contributed by atoms with van der Waals surface area (Å²) in [6.07, 6.45) is 5.56. The molecule has 21 heavy (non-hydrogen) atoms. The van der Waals surface area contributed by atoms with Crippen LogP contribution in [0.5, 0.6) is 0 Å². The Morgan fingerprint density at radius 3 is 2.57 bits per heavy atom. The molecular weight excluding hydrogens is 272 g/mol.